The van der Waals surface area contributed by atoms with Gasteiger partial charge in [0, 0.05) is 19.7 Å². The number of rotatable bonds is 5. The van der Waals surface area contributed by atoms with Crippen LogP contribution in [0, 0.1) is 0 Å². The van der Waals surface area contributed by atoms with Crippen LogP contribution in [0.4, 0.5) is 0 Å². The minimum absolute atomic E-state index is 0.106. The van der Waals surface area contributed by atoms with Gasteiger partial charge >= 0.3 is 0 Å². The average Bonchev–Trinajstić information content (AvgIpc) is 2.59. The molecule has 1 heterocycles. The van der Waals surface area contributed by atoms with Gasteiger partial charge in [0.1, 0.15) is 0 Å². The van der Waals surface area contributed by atoms with Gasteiger partial charge in [-0.15, -0.1) is 0 Å². The van der Waals surface area contributed by atoms with Crippen molar-refractivity contribution in [3.05, 3.63) is 0 Å². The zero-order valence-electron chi connectivity index (χ0n) is 11.4. The van der Waals surface area contributed by atoms with E-state index in [2.05, 4.69) is 12.2 Å². The molecule has 0 aromatic carbocycles. The van der Waals surface area contributed by atoms with Crippen LogP contribution in [-0.2, 0) is 14.6 Å². The monoisotopic (exact) mass is 263 g/mol. The lowest BCUT2D eigenvalue weighted by molar-refractivity contribution is 0.0214. The Balaban J connectivity index is 2.29. The van der Waals surface area contributed by atoms with E-state index in [4.69, 9.17) is 4.74 Å². The SMILES string of the molecule is CC1(CNCCS(=O)(=O)C(C)(C)C)CCCO1. The van der Waals surface area contributed by atoms with Gasteiger partial charge < -0.3 is 10.1 Å². The van der Waals surface area contributed by atoms with Crippen molar-refractivity contribution in [1.29, 1.82) is 0 Å². The zero-order valence-corrected chi connectivity index (χ0v) is 12.2. The third-order valence-electron chi connectivity index (χ3n) is 3.28. The Morgan fingerprint density at radius 2 is 2.00 bits per heavy atom. The summed E-state index contributed by atoms with van der Waals surface area (Å²) in [6, 6.07) is 0. The quantitative estimate of drug-likeness (QED) is 0.761. The molecule has 1 atom stereocenters. The van der Waals surface area contributed by atoms with Gasteiger partial charge in [-0.05, 0) is 40.5 Å². The molecule has 1 fully saturated rings. The maximum atomic E-state index is 11.9. The van der Waals surface area contributed by atoms with Crippen LogP contribution in [0.3, 0.4) is 0 Å². The number of sulfone groups is 1. The van der Waals surface area contributed by atoms with Crippen molar-refractivity contribution in [2.75, 3.05) is 25.4 Å². The maximum absolute atomic E-state index is 11.9. The maximum Gasteiger partial charge on any atom is 0.156 e. The standard InChI is InChI=1S/C12H25NO3S/c1-11(2,3)17(14,15)9-7-13-10-12(4)6-5-8-16-12/h13H,5-10H2,1-4H3. The van der Waals surface area contributed by atoms with Crippen molar-refractivity contribution in [1.82, 2.24) is 5.32 Å². The van der Waals surface area contributed by atoms with E-state index >= 15 is 0 Å². The highest BCUT2D eigenvalue weighted by atomic mass is 32.2. The van der Waals surface area contributed by atoms with Crippen LogP contribution in [0.25, 0.3) is 0 Å². The smallest absolute Gasteiger partial charge is 0.156 e. The molecule has 1 aliphatic heterocycles. The molecule has 1 rings (SSSR count). The van der Waals surface area contributed by atoms with Crippen LogP contribution in [0.1, 0.15) is 40.5 Å². The normalized spacial score (nSPS) is 26.4. The molecule has 17 heavy (non-hydrogen) atoms. The molecule has 0 aromatic rings. The summed E-state index contributed by atoms with van der Waals surface area (Å²) in [6.07, 6.45) is 2.14. The largest absolute Gasteiger partial charge is 0.374 e. The molecule has 1 aliphatic rings. The van der Waals surface area contributed by atoms with E-state index in [1.807, 2.05) is 0 Å². The van der Waals surface area contributed by atoms with Crippen LogP contribution in [0.15, 0.2) is 0 Å². The number of nitrogens with one attached hydrogen (secondary N) is 1. The van der Waals surface area contributed by atoms with Crippen molar-refractivity contribution < 1.29 is 13.2 Å². The highest BCUT2D eigenvalue weighted by Crippen LogP contribution is 2.23. The van der Waals surface area contributed by atoms with Crippen LogP contribution in [-0.4, -0.2) is 44.2 Å². The van der Waals surface area contributed by atoms with Crippen molar-refractivity contribution >= 4 is 9.84 Å². The average molecular weight is 263 g/mol. The molecule has 0 aromatic heterocycles. The minimum Gasteiger partial charge on any atom is -0.374 e. The molecule has 0 amide bonds. The van der Waals surface area contributed by atoms with Gasteiger partial charge in [-0.25, -0.2) is 8.42 Å². The second kappa shape index (κ2) is 5.24. The molecular formula is C12H25NO3S. The first-order valence-corrected chi connectivity index (χ1v) is 7.89. The molecule has 102 valence electrons. The van der Waals surface area contributed by atoms with Gasteiger partial charge in [0.2, 0.25) is 0 Å². The fourth-order valence-electron chi connectivity index (χ4n) is 1.84. The molecular weight excluding hydrogens is 238 g/mol. The lowest BCUT2D eigenvalue weighted by atomic mass is 10.0. The summed E-state index contributed by atoms with van der Waals surface area (Å²) in [5, 5.41) is 3.19. The van der Waals surface area contributed by atoms with Crippen LogP contribution < -0.4 is 5.32 Å². The molecule has 4 nitrogen and oxygen atoms in total. The van der Waals surface area contributed by atoms with Crippen molar-refractivity contribution in [2.45, 2.75) is 50.9 Å². The van der Waals surface area contributed by atoms with Crippen molar-refractivity contribution in [2.24, 2.45) is 0 Å². The number of hydrogen-bond donors (Lipinski definition) is 1. The second-order valence-electron chi connectivity index (χ2n) is 6.01. The van der Waals surface area contributed by atoms with Crippen LogP contribution >= 0.6 is 0 Å². The lowest BCUT2D eigenvalue weighted by Gasteiger charge is -2.24. The molecule has 1 N–H and O–H groups in total. The Bertz CT molecular complexity index is 337. The van der Waals surface area contributed by atoms with Crippen LogP contribution in [0.5, 0.6) is 0 Å². The Hall–Kier alpha value is -0.130. The molecule has 0 saturated carbocycles. The van der Waals surface area contributed by atoms with Gasteiger partial charge in [-0.2, -0.15) is 0 Å². The summed E-state index contributed by atoms with van der Waals surface area (Å²) in [7, 11) is -3.02. The lowest BCUT2D eigenvalue weighted by Crippen LogP contribution is -2.41. The van der Waals surface area contributed by atoms with E-state index in [1.165, 1.54) is 0 Å². The summed E-state index contributed by atoms with van der Waals surface area (Å²) >= 11 is 0. The minimum atomic E-state index is -3.02. The van der Waals surface area contributed by atoms with E-state index in [0.717, 1.165) is 26.0 Å². The third kappa shape index (κ3) is 4.23. The van der Waals surface area contributed by atoms with E-state index in [9.17, 15) is 8.42 Å². The first-order chi connectivity index (χ1) is 7.66. The zero-order chi connectivity index (χ0) is 13.2. The van der Waals surface area contributed by atoms with Crippen LogP contribution in [0.2, 0.25) is 0 Å². The summed E-state index contributed by atoms with van der Waals surface area (Å²) in [5.41, 5.74) is -0.106. The first-order valence-electron chi connectivity index (χ1n) is 6.23. The predicted octanol–water partition coefficient (Wildman–Crippen LogP) is 1.36. The number of ether oxygens (including phenoxy) is 1. The predicted molar refractivity (Wildman–Crippen MR) is 70.0 cm³/mol. The summed E-state index contributed by atoms with van der Waals surface area (Å²) in [6.45, 7) is 9.34. The van der Waals surface area contributed by atoms with Gasteiger partial charge in [-0.1, -0.05) is 0 Å². The molecule has 0 radical (unpaired) electrons. The van der Waals surface area contributed by atoms with E-state index < -0.39 is 14.6 Å². The molecule has 0 aliphatic carbocycles. The van der Waals surface area contributed by atoms with Gasteiger partial charge in [-0.3, -0.25) is 0 Å². The third-order valence-corrected chi connectivity index (χ3v) is 5.89. The second-order valence-corrected chi connectivity index (χ2v) is 8.87. The van der Waals surface area contributed by atoms with E-state index in [1.54, 1.807) is 20.8 Å². The Morgan fingerprint density at radius 3 is 2.47 bits per heavy atom. The van der Waals surface area contributed by atoms with E-state index in [-0.39, 0.29) is 11.4 Å². The molecule has 1 unspecified atom stereocenters. The molecule has 0 spiro atoms. The van der Waals surface area contributed by atoms with Crippen molar-refractivity contribution in [3.8, 4) is 0 Å². The summed E-state index contributed by atoms with van der Waals surface area (Å²) in [5.74, 6) is 0.187. The van der Waals surface area contributed by atoms with Gasteiger partial charge in [0.25, 0.3) is 0 Å². The summed E-state index contributed by atoms with van der Waals surface area (Å²) < 4.78 is 28.7. The molecule has 1 saturated heterocycles. The van der Waals surface area contributed by atoms with Gasteiger partial charge in [0.05, 0.1) is 16.1 Å². The summed E-state index contributed by atoms with van der Waals surface area (Å²) in [4.78, 5) is 0. The highest BCUT2D eigenvalue weighted by Gasteiger charge is 2.30. The Kier molecular flexibility index (Phi) is 4.60. The van der Waals surface area contributed by atoms with E-state index in [0.29, 0.717) is 6.54 Å². The first kappa shape index (κ1) is 14.9. The fraction of sp³-hybridized carbons (Fsp3) is 1.00. The van der Waals surface area contributed by atoms with Crippen molar-refractivity contribution in [3.63, 3.8) is 0 Å². The molecule has 5 heteroatoms. The molecule has 0 bridgehead atoms. The highest BCUT2D eigenvalue weighted by molar-refractivity contribution is 7.92. The van der Waals surface area contributed by atoms with Gasteiger partial charge in [0.15, 0.2) is 9.84 Å². The fourth-order valence-corrected chi connectivity index (χ4v) is 2.87. The Morgan fingerprint density at radius 1 is 1.35 bits per heavy atom. The number of hydrogen-bond acceptors (Lipinski definition) is 4. The Labute approximate surface area is 105 Å². The topological polar surface area (TPSA) is 55.4 Å².